The number of nitrogens with one attached hydrogen (secondary N) is 1. The van der Waals surface area contributed by atoms with E-state index in [1.165, 1.54) is 0 Å². The molecule has 2 aromatic carbocycles. The summed E-state index contributed by atoms with van der Waals surface area (Å²) in [6.45, 7) is -0.558. The summed E-state index contributed by atoms with van der Waals surface area (Å²) in [5, 5.41) is 2.19. The third-order valence-corrected chi connectivity index (χ3v) is 3.67. The van der Waals surface area contributed by atoms with Gasteiger partial charge < -0.3 is 10.1 Å². The first-order chi connectivity index (χ1) is 12.3. The van der Waals surface area contributed by atoms with Crippen LogP contribution in [0.3, 0.4) is 0 Å². The number of carbonyl (C=O) groups excluding carboxylic acids is 2. The molecule has 0 aliphatic carbocycles. The predicted molar refractivity (Wildman–Crippen MR) is 85.0 cm³/mol. The number of halogens is 5. The van der Waals surface area contributed by atoms with Crippen molar-refractivity contribution in [3.05, 3.63) is 70.8 Å². The van der Waals surface area contributed by atoms with Crippen LogP contribution >= 0.6 is 11.6 Å². The van der Waals surface area contributed by atoms with Crippen molar-refractivity contribution in [3.8, 4) is 0 Å². The Morgan fingerprint density at radius 3 is 1.85 bits per heavy atom. The monoisotopic (exact) mass is 389 g/mol. The van der Waals surface area contributed by atoms with Gasteiger partial charge in [-0.3, -0.25) is 4.79 Å². The van der Waals surface area contributed by atoms with Gasteiger partial charge in [-0.1, -0.05) is 12.1 Å². The van der Waals surface area contributed by atoms with Crippen molar-refractivity contribution < 1.29 is 31.9 Å². The Labute approximate surface area is 150 Å². The summed E-state index contributed by atoms with van der Waals surface area (Å²) >= 11 is 5.63. The van der Waals surface area contributed by atoms with Gasteiger partial charge in [-0.25, -0.2) is 22.4 Å². The molecule has 0 bridgehead atoms. The number of amides is 1. The van der Waals surface area contributed by atoms with Crippen molar-refractivity contribution in [2.75, 3.05) is 12.5 Å². The maximum atomic E-state index is 13.6. The van der Waals surface area contributed by atoms with Crippen molar-refractivity contribution in [2.24, 2.45) is 0 Å². The Morgan fingerprint density at radius 1 is 0.923 bits per heavy atom. The van der Waals surface area contributed by atoms with Gasteiger partial charge >= 0.3 is 5.97 Å². The minimum Gasteiger partial charge on any atom is -0.460 e. The molecule has 138 valence electrons. The molecular weight excluding hydrogens is 378 g/mol. The van der Waals surface area contributed by atoms with Crippen LogP contribution in [0, 0.1) is 23.3 Å². The van der Waals surface area contributed by atoms with Crippen molar-refractivity contribution in [3.63, 3.8) is 0 Å². The van der Waals surface area contributed by atoms with Crippen molar-refractivity contribution in [1.29, 1.82) is 0 Å². The first-order valence-electron chi connectivity index (χ1n) is 7.27. The van der Waals surface area contributed by atoms with E-state index in [-0.39, 0.29) is 5.88 Å². The fraction of sp³-hybridized carbons (Fsp3) is 0.176. The number of hydrogen-bond donors (Lipinski definition) is 1. The van der Waals surface area contributed by atoms with Gasteiger partial charge in [0.2, 0.25) is 0 Å². The van der Waals surface area contributed by atoms with E-state index in [9.17, 15) is 27.2 Å². The molecule has 0 saturated heterocycles. The van der Waals surface area contributed by atoms with Gasteiger partial charge in [-0.15, -0.1) is 11.6 Å². The van der Waals surface area contributed by atoms with E-state index in [2.05, 4.69) is 5.32 Å². The highest BCUT2D eigenvalue weighted by molar-refractivity contribution is 6.18. The molecule has 0 spiro atoms. The molecule has 1 unspecified atom stereocenters. The van der Waals surface area contributed by atoms with Crippen LogP contribution in [-0.2, 0) is 4.74 Å². The minimum atomic E-state index is -1.30. The van der Waals surface area contributed by atoms with Gasteiger partial charge in [-0.05, 0) is 24.3 Å². The van der Waals surface area contributed by atoms with Crippen LogP contribution in [-0.4, -0.2) is 30.4 Å². The normalized spacial score (nSPS) is 11.7. The van der Waals surface area contributed by atoms with Crippen LogP contribution in [0.4, 0.5) is 17.6 Å². The second-order valence-electron chi connectivity index (χ2n) is 5.12. The number of ether oxygens (including phenoxy) is 1. The molecule has 0 heterocycles. The third kappa shape index (κ3) is 4.51. The summed E-state index contributed by atoms with van der Waals surface area (Å²) in [4.78, 5) is 23.8. The molecule has 0 aromatic heterocycles. The molecule has 2 rings (SSSR count). The van der Waals surface area contributed by atoms with E-state index in [1.807, 2.05) is 0 Å². The predicted octanol–water partition coefficient (Wildman–Crippen LogP) is 3.44. The van der Waals surface area contributed by atoms with Crippen LogP contribution in [0.5, 0.6) is 0 Å². The summed E-state index contributed by atoms with van der Waals surface area (Å²) in [5.41, 5.74) is -1.72. The average molecular weight is 390 g/mol. The minimum absolute atomic E-state index is 0.283. The molecule has 0 radical (unpaired) electrons. The van der Waals surface area contributed by atoms with Gasteiger partial charge in [-0.2, -0.15) is 0 Å². The van der Waals surface area contributed by atoms with E-state index in [0.717, 1.165) is 36.4 Å². The smallest absolute Gasteiger partial charge is 0.344 e. The summed E-state index contributed by atoms with van der Waals surface area (Å²) in [7, 11) is 0. The highest BCUT2D eigenvalue weighted by Gasteiger charge is 2.23. The largest absolute Gasteiger partial charge is 0.460 e. The Bertz CT molecular complexity index is 791. The van der Waals surface area contributed by atoms with E-state index < -0.39 is 58.9 Å². The average Bonchev–Trinajstić information content (AvgIpc) is 2.58. The molecule has 2 aromatic rings. The molecule has 1 N–H and O–H groups in total. The van der Waals surface area contributed by atoms with Gasteiger partial charge in [0.15, 0.2) is 0 Å². The molecule has 9 heteroatoms. The van der Waals surface area contributed by atoms with Gasteiger partial charge in [0.05, 0.1) is 6.04 Å². The molecule has 0 fully saturated rings. The lowest BCUT2D eigenvalue weighted by atomic mass is 10.1. The number of rotatable bonds is 6. The van der Waals surface area contributed by atoms with Crippen LogP contribution < -0.4 is 5.32 Å². The van der Waals surface area contributed by atoms with Crippen LogP contribution in [0.1, 0.15) is 20.7 Å². The number of carbonyl (C=O) groups is 2. The fourth-order valence-corrected chi connectivity index (χ4v) is 2.20. The molecule has 26 heavy (non-hydrogen) atoms. The summed E-state index contributed by atoms with van der Waals surface area (Å²) in [6.07, 6.45) is 0. The number of hydrogen-bond acceptors (Lipinski definition) is 3. The standard InChI is InChI=1S/C17H12ClF4NO3/c18-7-9(23-16(24)14-10(19)3-1-4-11(14)20)8-26-17(25)15-12(21)5-2-6-13(15)22/h1-6,9H,7-8H2,(H,23,24). The maximum Gasteiger partial charge on any atom is 0.344 e. The molecule has 1 atom stereocenters. The van der Waals surface area contributed by atoms with Crippen LogP contribution in [0.15, 0.2) is 36.4 Å². The number of benzene rings is 2. The fourth-order valence-electron chi connectivity index (χ4n) is 2.04. The van der Waals surface area contributed by atoms with Crippen molar-refractivity contribution >= 4 is 23.5 Å². The van der Waals surface area contributed by atoms with Gasteiger partial charge in [0, 0.05) is 5.88 Å². The molecular formula is C17H12ClF4NO3. The SMILES string of the molecule is O=C(NC(CCl)COC(=O)c1c(F)cccc1F)c1c(F)cccc1F. The third-order valence-electron chi connectivity index (χ3n) is 3.29. The first-order valence-corrected chi connectivity index (χ1v) is 7.80. The van der Waals surface area contributed by atoms with E-state index in [0.29, 0.717) is 0 Å². The molecule has 1 amide bonds. The maximum absolute atomic E-state index is 13.6. The van der Waals surface area contributed by atoms with Crippen molar-refractivity contribution in [1.82, 2.24) is 5.32 Å². The first kappa shape index (κ1) is 19.7. The zero-order valence-electron chi connectivity index (χ0n) is 13.1. The Kier molecular flexibility index (Phi) is 6.57. The molecule has 0 aliphatic rings. The van der Waals surface area contributed by atoms with E-state index in [4.69, 9.17) is 16.3 Å². The van der Waals surface area contributed by atoms with Gasteiger partial charge in [0.1, 0.15) is 41.0 Å². The number of esters is 1. The summed E-state index contributed by atoms with van der Waals surface area (Å²) in [6, 6.07) is 4.67. The van der Waals surface area contributed by atoms with Crippen molar-refractivity contribution in [2.45, 2.75) is 6.04 Å². The highest BCUT2D eigenvalue weighted by Crippen LogP contribution is 2.14. The summed E-state index contributed by atoms with van der Waals surface area (Å²) in [5.74, 6) is -7.09. The molecule has 0 saturated carbocycles. The number of alkyl halides is 1. The second-order valence-corrected chi connectivity index (χ2v) is 5.43. The second kappa shape index (κ2) is 8.66. The lowest BCUT2D eigenvalue weighted by Crippen LogP contribution is -2.41. The van der Waals surface area contributed by atoms with E-state index in [1.54, 1.807) is 0 Å². The van der Waals surface area contributed by atoms with Gasteiger partial charge in [0.25, 0.3) is 5.91 Å². The molecule has 0 aliphatic heterocycles. The molecule has 4 nitrogen and oxygen atoms in total. The lowest BCUT2D eigenvalue weighted by molar-refractivity contribution is 0.0455. The zero-order valence-corrected chi connectivity index (χ0v) is 13.8. The summed E-state index contributed by atoms with van der Waals surface area (Å²) < 4.78 is 58.9. The topological polar surface area (TPSA) is 55.4 Å². The Balaban J connectivity index is 2.04. The van der Waals surface area contributed by atoms with E-state index >= 15 is 0 Å². The Morgan fingerprint density at radius 2 is 1.38 bits per heavy atom. The lowest BCUT2D eigenvalue weighted by Gasteiger charge is -2.17. The zero-order chi connectivity index (χ0) is 19.3. The Hall–Kier alpha value is -2.61. The van der Waals surface area contributed by atoms with Crippen LogP contribution in [0.25, 0.3) is 0 Å². The quantitative estimate of drug-likeness (QED) is 0.468. The highest BCUT2D eigenvalue weighted by atomic mass is 35.5. The van der Waals surface area contributed by atoms with Crippen LogP contribution in [0.2, 0.25) is 0 Å².